The lowest BCUT2D eigenvalue weighted by Gasteiger charge is -2.27. The van der Waals surface area contributed by atoms with Crippen molar-refractivity contribution in [2.75, 3.05) is 13.1 Å². The van der Waals surface area contributed by atoms with Gasteiger partial charge in [0.25, 0.3) is 0 Å². The van der Waals surface area contributed by atoms with Crippen LogP contribution in [0.3, 0.4) is 0 Å². The second kappa shape index (κ2) is 8.02. The Morgan fingerprint density at radius 3 is 2.58 bits per heavy atom. The zero-order valence-electron chi connectivity index (χ0n) is 15.0. The highest BCUT2D eigenvalue weighted by molar-refractivity contribution is 6.30. The molecule has 1 aliphatic rings. The fraction of sp³-hybridized carbons (Fsp3) is 0.579. The minimum atomic E-state index is -0.0776. The van der Waals surface area contributed by atoms with E-state index in [0.717, 1.165) is 24.2 Å². The summed E-state index contributed by atoms with van der Waals surface area (Å²) < 4.78 is 0. The van der Waals surface area contributed by atoms with Crippen molar-refractivity contribution in [3.63, 3.8) is 0 Å². The van der Waals surface area contributed by atoms with Gasteiger partial charge >= 0.3 is 0 Å². The van der Waals surface area contributed by atoms with Crippen molar-refractivity contribution in [1.29, 1.82) is 0 Å². The van der Waals surface area contributed by atoms with Gasteiger partial charge < -0.3 is 9.74 Å². The first kappa shape index (κ1) is 18.8. The van der Waals surface area contributed by atoms with Crippen LogP contribution in [0.2, 0.25) is 5.02 Å². The average molecular weight is 351 g/mol. The third-order valence-corrected chi connectivity index (χ3v) is 4.11. The summed E-state index contributed by atoms with van der Waals surface area (Å²) >= 11 is 5.92. The van der Waals surface area contributed by atoms with Gasteiger partial charge in [0, 0.05) is 24.4 Å². The Labute approximate surface area is 149 Å². The lowest BCUT2D eigenvalue weighted by molar-refractivity contribution is -0.134. The van der Waals surface area contributed by atoms with Gasteiger partial charge in [0.15, 0.2) is 6.10 Å². The average Bonchev–Trinajstić information content (AvgIpc) is 2.94. The molecule has 0 saturated heterocycles. The molecule has 0 bridgehead atoms. The molecule has 0 radical (unpaired) electrons. The number of halogens is 1. The molecule has 1 aromatic rings. The molecule has 0 spiro atoms. The monoisotopic (exact) mass is 350 g/mol. The molecule has 5 heteroatoms. The Hall–Kier alpha value is -1.55. The van der Waals surface area contributed by atoms with Gasteiger partial charge in [0.2, 0.25) is 5.91 Å². The molecule has 0 N–H and O–H groups in total. The molecule has 4 nitrogen and oxygen atoms in total. The smallest absolute Gasteiger partial charge is 0.223 e. The van der Waals surface area contributed by atoms with Gasteiger partial charge in [-0.25, -0.2) is 0 Å². The molecule has 0 saturated carbocycles. The number of carbonyl (C=O) groups excluding carboxylic acids is 1. The second-order valence-electron chi connectivity index (χ2n) is 7.55. The van der Waals surface area contributed by atoms with Crippen LogP contribution < -0.4 is 0 Å². The number of amides is 1. The van der Waals surface area contributed by atoms with Crippen molar-refractivity contribution in [2.24, 2.45) is 10.6 Å². The van der Waals surface area contributed by atoms with Crippen molar-refractivity contribution < 1.29 is 9.63 Å². The highest BCUT2D eigenvalue weighted by Crippen LogP contribution is 2.22. The maximum Gasteiger partial charge on any atom is 0.223 e. The minimum Gasteiger partial charge on any atom is -0.390 e. The molecule has 1 atom stereocenters. The maximum atomic E-state index is 12.5. The molecule has 2 rings (SSSR count). The molecular formula is C19H27ClN2O2. The normalized spacial score (nSPS) is 17.4. The van der Waals surface area contributed by atoms with E-state index in [1.807, 2.05) is 29.2 Å². The minimum absolute atomic E-state index is 0.00935. The summed E-state index contributed by atoms with van der Waals surface area (Å²) in [4.78, 5) is 20.0. The Morgan fingerprint density at radius 1 is 1.33 bits per heavy atom. The van der Waals surface area contributed by atoms with Crippen LogP contribution in [-0.4, -0.2) is 35.7 Å². The topological polar surface area (TPSA) is 41.9 Å². The van der Waals surface area contributed by atoms with Crippen LogP contribution in [0.15, 0.2) is 29.4 Å². The largest absolute Gasteiger partial charge is 0.390 e. The van der Waals surface area contributed by atoms with Crippen molar-refractivity contribution in [1.82, 2.24) is 4.90 Å². The summed E-state index contributed by atoms with van der Waals surface area (Å²) in [5.41, 5.74) is 1.92. The summed E-state index contributed by atoms with van der Waals surface area (Å²) in [5, 5.41) is 4.91. The number of nitrogens with zero attached hydrogens (tertiary/aromatic N) is 2. The Kier molecular flexibility index (Phi) is 6.27. The Balaban J connectivity index is 1.95. The highest BCUT2D eigenvalue weighted by Gasteiger charge is 2.28. The third kappa shape index (κ3) is 5.52. The molecular weight excluding hydrogens is 324 g/mol. The lowest BCUT2D eigenvalue weighted by Crippen LogP contribution is -2.39. The van der Waals surface area contributed by atoms with Gasteiger partial charge in [-0.3, -0.25) is 4.79 Å². The number of rotatable bonds is 6. The number of carbonyl (C=O) groups is 1. The number of hydrogen-bond donors (Lipinski definition) is 0. The van der Waals surface area contributed by atoms with Crippen molar-refractivity contribution in [3.05, 3.63) is 34.9 Å². The van der Waals surface area contributed by atoms with Crippen LogP contribution in [0.5, 0.6) is 0 Å². The first-order valence-electron chi connectivity index (χ1n) is 8.55. The second-order valence-corrected chi connectivity index (χ2v) is 7.99. The van der Waals surface area contributed by atoms with E-state index < -0.39 is 0 Å². The van der Waals surface area contributed by atoms with E-state index in [1.54, 1.807) is 0 Å². The predicted octanol–water partition coefficient (Wildman–Crippen LogP) is 4.51. The summed E-state index contributed by atoms with van der Waals surface area (Å²) in [6.45, 7) is 9.69. The van der Waals surface area contributed by atoms with Gasteiger partial charge in [0.1, 0.15) is 0 Å². The Bertz CT molecular complexity index is 590. The van der Waals surface area contributed by atoms with Crippen LogP contribution in [-0.2, 0) is 9.63 Å². The number of benzene rings is 1. The first-order chi connectivity index (χ1) is 11.3. The van der Waals surface area contributed by atoms with Gasteiger partial charge in [0.05, 0.1) is 12.3 Å². The molecule has 1 heterocycles. The van der Waals surface area contributed by atoms with E-state index in [9.17, 15) is 4.79 Å². The molecule has 1 aliphatic heterocycles. The molecule has 1 amide bonds. The van der Waals surface area contributed by atoms with Crippen LogP contribution >= 0.6 is 11.6 Å². The van der Waals surface area contributed by atoms with Crippen LogP contribution in [0.4, 0.5) is 0 Å². The fourth-order valence-corrected chi connectivity index (χ4v) is 2.86. The number of hydrogen-bond acceptors (Lipinski definition) is 3. The summed E-state index contributed by atoms with van der Waals surface area (Å²) in [6.07, 6.45) is 2.12. The van der Waals surface area contributed by atoms with Crippen molar-refractivity contribution in [3.8, 4) is 0 Å². The third-order valence-electron chi connectivity index (χ3n) is 3.86. The van der Waals surface area contributed by atoms with Crippen LogP contribution in [0.25, 0.3) is 0 Å². The number of oxime groups is 1. The maximum absolute atomic E-state index is 12.5. The van der Waals surface area contributed by atoms with E-state index in [0.29, 0.717) is 24.4 Å². The van der Waals surface area contributed by atoms with E-state index >= 15 is 0 Å². The molecule has 0 aliphatic carbocycles. The molecule has 0 fully saturated rings. The molecule has 0 aromatic heterocycles. The summed E-state index contributed by atoms with van der Waals surface area (Å²) in [7, 11) is 0. The van der Waals surface area contributed by atoms with E-state index in [1.165, 1.54) is 0 Å². The standard InChI is InChI=1S/C19H27ClN2O2/c1-5-10-22(18(23)12-19(2,3)4)13-16-11-17(21-24-16)14-6-8-15(20)9-7-14/h6-9,16H,5,10-13H2,1-4H3/t16-/m1/s1. The van der Waals surface area contributed by atoms with Gasteiger partial charge in [-0.2, -0.15) is 0 Å². The fourth-order valence-electron chi connectivity index (χ4n) is 2.74. The van der Waals surface area contributed by atoms with E-state index in [-0.39, 0.29) is 17.4 Å². The Morgan fingerprint density at radius 2 is 2.00 bits per heavy atom. The van der Waals surface area contributed by atoms with Crippen LogP contribution in [0.1, 0.15) is 52.5 Å². The van der Waals surface area contributed by atoms with Crippen molar-refractivity contribution >= 4 is 23.2 Å². The lowest BCUT2D eigenvalue weighted by atomic mass is 9.91. The first-order valence-corrected chi connectivity index (χ1v) is 8.92. The van der Waals surface area contributed by atoms with Crippen LogP contribution in [0, 0.1) is 5.41 Å². The zero-order chi connectivity index (χ0) is 17.7. The van der Waals surface area contributed by atoms with Gasteiger partial charge in [-0.1, -0.05) is 56.6 Å². The molecule has 0 unspecified atom stereocenters. The summed E-state index contributed by atoms with van der Waals surface area (Å²) in [6, 6.07) is 7.59. The van der Waals surface area contributed by atoms with Crippen molar-refractivity contribution in [2.45, 2.75) is 53.1 Å². The molecule has 24 heavy (non-hydrogen) atoms. The summed E-state index contributed by atoms with van der Waals surface area (Å²) in [5.74, 6) is 0.188. The SMILES string of the molecule is CCCN(C[C@H]1CC(c2ccc(Cl)cc2)=NO1)C(=O)CC(C)(C)C. The zero-order valence-corrected chi connectivity index (χ0v) is 15.8. The van der Waals surface area contributed by atoms with Gasteiger partial charge in [-0.15, -0.1) is 0 Å². The predicted molar refractivity (Wildman–Crippen MR) is 98.4 cm³/mol. The van der Waals surface area contributed by atoms with Gasteiger partial charge in [-0.05, 0) is 29.5 Å². The highest BCUT2D eigenvalue weighted by atomic mass is 35.5. The molecule has 132 valence electrons. The quantitative estimate of drug-likeness (QED) is 0.757. The molecule has 1 aromatic carbocycles. The van der Waals surface area contributed by atoms with E-state index in [4.69, 9.17) is 16.4 Å². The van der Waals surface area contributed by atoms with E-state index in [2.05, 4.69) is 32.9 Å².